The Kier molecular flexibility index (Phi) is 50.9. The SMILES string of the molecule is CC/C=C\C/C=C\C/C=C\C/C=C\C/C=C\CCCCCC(=O)O[C@H](COC(=O)CCCCCCC/C=C\CCCCCCCC)COC(=O)CCCCCCCCCCCCCCC. The van der Waals surface area contributed by atoms with Gasteiger partial charge in [-0.1, -0.05) is 229 Å². The molecular formula is C59H102O6. The largest absolute Gasteiger partial charge is 0.462 e. The summed E-state index contributed by atoms with van der Waals surface area (Å²) in [6.07, 6.45) is 67.4. The van der Waals surface area contributed by atoms with Crippen LogP contribution < -0.4 is 0 Å². The average molecular weight is 907 g/mol. The lowest BCUT2D eigenvalue weighted by Gasteiger charge is -2.18. The molecule has 0 aromatic carbocycles. The fourth-order valence-corrected chi connectivity index (χ4v) is 7.58. The van der Waals surface area contributed by atoms with E-state index in [2.05, 4.69) is 93.7 Å². The van der Waals surface area contributed by atoms with Crippen molar-refractivity contribution in [3.05, 3.63) is 72.9 Å². The van der Waals surface area contributed by atoms with Gasteiger partial charge in [0.25, 0.3) is 0 Å². The van der Waals surface area contributed by atoms with Crippen molar-refractivity contribution in [3.63, 3.8) is 0 Å². The normalized spacial score (nSPS) is 12.6. The van der Waals surface area contributed by atoms with Gasteiger partial charge in [0, 0.05) is 19.3 Å². The summed E-state index contributed by atoms with van der Waals surface area (Å²) in [5.41, 5.74) is 0. The molecule has 0 rings (SSSR count). The highest BCUT2D eigenvalue weighted by Crippen LogP contribution is 2.15. The molecular weight excluding hydrogens is 805 g/mol. The number of carbonyl (C=O) groups excluding carboxylic acids is 3. The van der Waals surface area contributed by atoms with E-state index in [-0.39, 0.29) is 37.5 Å². The Labute approximate surface area is 402 Å². The van der Waals surface area contributed by atoms with Gasteiger partial charge in [0.05, 0.1) is 0 Å². The Bertz CT molecular complexity index is 1230. The van der Waals surface area contributed by atoms with E-state index >= 15 is 0 Å². The monoisotopic (exact) mass is 907 g/mol. The fourth-order valence-electron chi connectivity index (χ4n) is 7.58. The summed E-state index contributed by atoms with van der Waals surface area (Å²) in [5, 5.41) is 0. The predicted molar refractivity (Wildman–Crippen MR) is 279 cm³/mol. The van der Waals surface area contributed by atoms with Crippen molar-refractivity contribution in [3.8, 4) is 0 Å². The molecule has 0 unspecified atom stereocenters. The van der Waals surface area contributed by atoms with Crippen LogP contribution in [0.1, 0.15) is 265 Å². The first-order valence-electron chi connectivity index (χ1n) is 27.4. The number of ether oxygens (including phenoxy) is 3. The van der Waals surface area contributed by atoms with Crippen LogP contribution in [0.15, 0.2) is 72.9 Å². The molecule has 0 fully saturated rings. The summed E-state index contributed by atoms with van der Waals surface area (Å²) in [6.45, 7) is 6.50. The Hall–Kier alpha value is -3.15. The molecule has 0 aliphatic heterocycles. The summed E-state index contributed by atoms with van der Waals surface area (Å²) in [7, 11) is 0. The van der Waals surface area contributed by atoms with Crippen LogP contribution in [-0.4, -0.2) is 37.2 Å². The van der Waals surface area contributed by atoms with Gasteiger partial charge in [-0.2, -0.15) is 0 Å². The zero-order chi connectivity index (χ0) is 47.2. The molecule has 65 heavy (non-hydrogen) atoms. The zero-order valence-corrected chi connectivity index (χ0v) is 42.7. The molecule has 0 aromatic heterocycles. The highest BCUT2D eigenvalue weighted by molar-refractivity contribution is 5.71. The molecule has 1 atom stereocenters. The van der Waals surface area contributed by atoms with Crippen LogP contribution in [0.25, 0.3) is 0 Å². The van der Waals surface area contributed by atoms with E-state index in [4.69, 9.17) is 14.2 Å². The van der Waals surface area contributed by atoms with Crippen molar-refractivity contribution >= 4 is 17.9 Å². The molecule has 0 aliphatic rings. The van der Waals surface area contributed by atoms with Gasteiger partial charge in [-0.15, -0.1) is 0 Å². The maximum Gasteiger partial charge on any atom is 0.306 e. The van der Waals surface area contributed by atoms with E-state index in [0.29, 0.717) is 12.8 Å². The van der Waals surface area contributed by atoms with Crippen molar-refractivity contribution in [2.24, 2.45) is 0 Å². The van der Waals surface area contributed by atoms with Gasteiger partial charge in [-0.25, -0.2) is 0 Å². The van der Waals surface area contributed by atoms with Crippen LogP contribution in [-0.2, 0) is 28.6 Å². The molecule has 0 aliphatic carbocycles. The van der Waals surface area contributed by atoms with Crippen LogP contribution >= 0.6 is 0 Å². The van der Waals surface area contributed by atoms with Crippen molar-refractivity contribution in [1.29, 1.82) is 0 Å². The maximum absolute atomic E-state index is 12.8. The van der Waals surface area contributed by atoms with E-state index in [1.54, 1.807) is 0 Å². The minimum Gasteiger partial charge on any atom is -0.462 e. The van der Waals surface area contributed by atoms with Gasteiger partial charge in [0.1, 0.15) is 13.2 Å². The lowest BCUT2D eigenvalue weighted by Crippen LogP contribution is -2.30. The highest BCUT2D eigenvalue weighted by atomic mass is 16.6. The van der Waals surface area contributed by atoms with Crippen molar-refractivity contribution in [1.82, 2.24) is 0 Å². The Morgan fingerprint density at radius 2 is 0.600 bits per heavy atom. The molecule has 0 bridgehead atoms. The van der Waals surface area contributed by atoms with Gasteiger partial charge in [0.15, 0.2) is 6.10 Å². The number of allylic oxidation sites excluding steroid dienone is 12. The molecule has 0 aromatic rings. The molecule has 0 spiro atoms. The number of carbonyl (C=O) groups is 3. The van der Waals surface area contributed by atoms with E-state index in [9.17, 15) is 14.4 Å². The van der Waals surface area contributed by atoms with Crippen molar-refractivity contribution < 1.29 is 28.6 Å². The molecule has 0 N–H and O–H groups in total. The van der Waals surface area contributed by atoms with Crippen LogP contribution in [0, 0.1) is 0 Å². The minimum absolute atomic E-state index is 0.0895. The minimum atomic E-state index is -0.794. The summed E-state index contributed by atoms with van der Waals surface area (Å²) in [5.74, 6) is -0.925. The highest BCUT2D eigenvalue weighted by Gasteiger charge is 2.19. The second-order valence-electron chi connectivity index (χ2n) is 18.1. The quantitative estimate of drug-likeness (QED) is 0.0262. The first-order valence-corrected chi connectivity index (χ1v) is 27.4. The van der Waals surface area contributed by atoms with Crippen LogP contribution in [0.5, 0.6) is 0 Å². The van der Waals surface area contributed by atoms with Crippen LogP contribution in [0.3, 0.4) is 0 Å². The molecule has 0 saturated carbocycles. The first kappa shape index (κ1) is 61.9. The smallest absolute Gasteiger partial charge is 0.306 e. The number of hydrogen-bond donors (Lipinski definition) is 0. The third kappa shape index (κ3) is 51.7. The standard InChI is InChI=1S/C59H102O6/c1-4-7-10-13-16-19-22-25-27-28-29-30-32-35-38-41-44-47-50-53-59(62)65-56(54-63-57(60)51-48-45-42-39-36-33-24-21-18-15-12-9-6-3)55-64-58(61)52-49-46-43-40-37-34-31-26-23-20-17-14-11-8-5-2/h7,10,16,19,25-27,29-31,35,38,56H,4-6,8-9,11-15,17-18,20-24,28,32-34,36-37,39-55H2,1-3H3/b10-7-,19-16-,27-25-,30-29-,31-26-,38-35-/t56-/m0/s1. The lowest BCUT2D eigenvalue weighted by molar-refractivity contribution is -0.167. The van der Waals surface area contributed by atoms with Gasteiger partial charge in [0.2, 0.25) is 0 Å². The molecule has 6 heteroatoms. The van der Waals surface area contributed by atoms with Crippen LogP contribution in [0.4, 0.5) is 0 Å². The molecule has 0 radical (unpaired) electrons. The van der Waals surface area contributed by atoms with Gasteiger partial charge >= 0.3 is 17.9 Å². The van der Waals surface area contributed by atoms with Gasteiger partial charge < -0.3 is 14.2 Å². The summed E-state index contributed by atoms with van der Waals surface area (Å²) in [6, 6.07) is 0. The summed E-state index contributed by atoms with van der Waals surface area (Å²) < 4.78 is 16.8. The van der Waals surface area contributed by atoms with E-state index in [0.717, 1.165) is 103 Å². The maximum atomic E-state index is 12.8. The molecule has 0 heterocycles. The van der Waals surface area contributed by atoms with E-state index < -0.39 is 6.10 Å². The van der Waals surface area contributed by atoms with Crippen molar-refractivity contribution in [2.45, 2.75) is 271 Å². The summed E-state index contributed by atoms with van der Waals surface area (Å²) in [4.78, 5) is 38.1. The molecule has 0 saturated heterocycles. The number of unbranched alkanes of at least 4 members (excludes halogenated alkanes) is 26. The Morgan fingerprint density at radius 1 is 0.323 bits per heavy atom. The summed E-state index contributed by atoms with van der Waals surface area (Å²) >= 11 is 0. The number of rotatable bonds is 49. The fraction of sp³-hybridized carbons (Fsp3) is 0.746. The lowest BCUT2D eigenvalue weighted by atomic mass is 10.0. The average Bonchev–Trinajstić information content (AvgIpc) is 3.30. The zero-order valence-electron chi connectivity index (χ0n) is 42.7. The number of hydrogen-bond acceptors (Lipinski definition) is 6. The molecule has 374 valence electrons. The second-order valence-corrected chi connectivity index (χ2v) is 18.1. The van der Waals surface area contributed by atoms with E-state index in [1.165, 1.54) is 122 Å². The molecule has 0 amide bonds. The van der Waals surface area contributed by atoms with Crippen LogP contribution in [0.2, 0.25) is 0 Å². The van der Waals surface area contributed by atoms with Gasteiger partial charge in [-0.3, -0.25) is 14.4 Å². The second kappa shape index (κ2) is 53.5. The topological polar surface area (TPSA) is 78.9 Å². The third-order valence-corrected chi connectivity index (χ3v) is 11.7. The Balaban J connectivity index is 4.45. The van der Waals surface area contributed by atoms with Gasteiger partial charge in [-0.05, 0) is 89.9 Å². The third-order valence-electron chi connectivity index (χ3n) is 11.7. The predicted octanol–water partition coefficient (Wildman–Crippen LogP) is 18.2. The van der Waals surface area contributed by atoms with E-state index in [1.807, 2.05) is 0 Å². The molecule has 6 nitrogen and oxygen atoms in total. The Morgan fingerprint density at radius 3 is 0.969 bits per heavy atom. The first-order chi connectivity index (χ1) is 32.0. The number of esters is 3. The van der Waals surface area contributed by atoms with Crippen molar-refractivity contribution in [2.75, 3.05) is 13.2 Å².